The normalized spacial score (nSPS) is 19.3. The molecule has 56 heavy (non-hydrogen) atoms. The summed E-state index contributed by atoms with van der Waals surface area (Å²) < 4.78 is 16.9. The molecule has 14 nitrogen and oxygen atoms in total. The van der Waals surface area contributed by atoms with E-state index in [1.54, 1.807) is 37.7 Å². The highest BCUT2D eigenvalue weighted by molar-refractivity contribution is 5.92. The van der Waals surface area contributed by atoms with Crippen molar-refractivity contribution >= 4 is 29.5 Å². The van der Waals surface area contributed by atoms with Crippen molar-refractivity contribution in [3.63, 3.8) is 0 Å². The quantitative estimate of drug-likeness (QED) is 0.160. The zero-order valence-corrected chi connectivity index (χ0v) is 36.1. The molecule has 10 atom stereocenters. The van der Waals surface area contributed by atoms with Gasteiger partial charge < -0.3 is 44.7 Å². The molecule has 1 aliphatic rings. The molecule has 0 saturated carbocycles. The number of likely N-dealkylation sites (tertiary alicyclic amines) is 1. The molecule has 0 spiro atoms. The Hall–Kier alpha value is -3.59. The maximum atomic E-state index is 14.4. The molecular weight excluding hydrogens is 718 g/mol. The lowest BCUT2D eigenvalue weighted by molar-refractivity contribution is -0.149. The van der Waals surface area contributed by atoms with Crippen molar-refractivity contribution < 1.29 is 43.3 Å². The number of nitrogens with zero attached hydrogens (tertiary/aromatic N) is 3. The second kappa shape index (κ2) is 23.0. The average molecular weight is 790 g/mol. The number of hydrogen-bond acceptors (Lipinski definition) is 9. The van der Waals surface area contributed by atoms with Crippen LogP contribution in [0.15, 0.2) is 30.3 Å². The van der Waals surface area contributed by atoms with Crippen molar-refractivity contribution in [3.8, 4) is 0 Å². The van der Waals surface area contributed by atoms with E-state index in [9.17, 15) is 29.1 Å². The first kappa shape index (κ1) is 48.6. The fourth-order valence-electron chi connectivity index (χ4n) is 7.96. The molecule has 318 valence electrons. The molecule has 1 heterocycles. The molecule has 5 amide bonds. The van der Waals surface area contributed by atoms with Gasteiger partial charge in [-0.15, -0.1) is 0 Å². The van der Waals surface area contributed by atoms with E-state index in [1.807, 2.05) is 71.9 Å². The van der Waals surface area contributed by atoms with Crippen LogP contribution in [0.4, 0.5) is 0 Å². The largest absolute Gasteiger partial charge is 0.386 e. The monoisotopic (exact) mass is 790 g/mol. The van der Waals surface area contributed by atoms with E-state index in [2.05, 4.69) is 10.6 Å². The summed E-state index contributed by atoms with van der Waals surface area (Å²) >= 11 is 0. The maximum Gasteiger partial charge on any atom is 0.248 e. The Bertz CT molecular complexity index is 1410. The van der Waals surface area contributed by atoms with Crippen molar-refractivity contribution in [2.24, 2.45) is 23.7 Å². The van der Waals surface area contributed by atoms with Crippen LogP contribution >= 0.6 is 0 Å². The molecule has 0 aromatic heterocycles. The number of ether oxygens (including phenoxy) is 3. The molecule has 0 aliphatic carbocycles. The lowest BCUT2D eigenvalue weighted by Gasteiger charge is -2.41. The number of carbonyl (C=O) groups is 5. The fourth-order valence-corrected chi connectivity index (χ4v) is 7.96. The van der Waals surface area contributed by atoms with Gasteiger partial charge >= 0.3 is 0 Å². The summed E-state index contributed by atoms with van der Waals surface area (Å²) in [5.41, 5.74) is 0.697. The van der Waals surface area contributed by atoms with Gasteiger partial charge in [0.25, 0.3) is 0 Å². The maximum absolute atomic E-state index is 14.4. The Morgan fingerprint density at radius 3 is 2.02 bits per heavy atom. The van der Waals surface area contributed by atoms with Crippen LogP contribution in [0.25, 0.3) is 0 Å². The molecule has 14 heteroatoms. The van der Waals surface area contributed by atoms with Gasteiger partial charge in [-0.2, -0.15) is 0 Å². The number of benzene rings is 1. The topological polar surface area (TPSA) is 167 Å². The van der Waals surface area contributed by atoms with Gasteiger partial charge in [0.2, 0.25) is 29.5 Å². The number of methoxy groups -OCH3 is 3. The summed E-state index contributed by atoms with van der Waals surface area (Å²) in [5, 5.41) is 16.7. The van der Waals surface area contributed by atoms with Crippen molar-refractivity contribution in [1.82, 2.24) is 25.3 Å². The van der Waals surface area contributed by atoms with Crippen LogP contribution < -0.4 is 10.6 Å². The van der Waals surface area contributed by atoms with E-state index >= 15 is 0 Å². The number of nitrogens with one attached hydrogen (secondary N) is 2. The molecule has 1 aliphatic heterocycles. The Labute approximate surface area is 335 Å². The highest BCUT2D eigenvalue weighted by Gasteiger charge is 2.43. The van der Waals surface area contributed by atoms with Gasteiger partial charge in [0, 0.05) is 42.0 Å². The van der Waals surface area contributed by atoms with Gasteiger partial charge in [-0.05, 0) is 43.1 Å². The molecule has 0 bridgehead atoms. The lowest BCUT2D eigenvalue weighted by Crippen LogP contribution is -2.60. The second-order valence-electron chi connectivity index (χ2n) is 16.1. The molecule has 1 saturated heterocycles. The summed E-state index contributed by atoms with van der Waals surface area (Å²) in [5.74, 6) is -2.81. The molecule has 1 aromatic carbocycles. The number of rotatable bonds is 22. The Morgan fingerprint density at radius 2 is 1.50 bits per heavy atom. The number of aliphatic hydroxyl groups excluding tert-OH is 1. The smallest absolute Gasteiger partial charge is 0.248 e. The van der Waals surface area contributed by atoms with Gasteiger partial charge in [-0.1, -0.05) is 85.2 Å². The Morgan fingerprint density at radius 1 is 0.875 bits per heavy atom. The first-order valence-electron chi connectivity index (χ1n) is 20.1. The number of amides is 5. The van der Waals surface area contributed by atoms with E-state index in [-0.39, 0.29) is 60.5 Å². The summed E-state index contributed by atoms with van der Waals surface area (Å²) in [4.78, 5) is 73.2. The summed E-state index contributed by atoms with van der Waals surface area (Å²) in [6, 6.07) is 5.96. The Kier molecular flexibility index (Phi) is 19.9. The number of likely N-dealkylation sites (N-methyl/N-ethyl adjacent to an activating group) is 2. The average Bonchev–Trinajstić information content (AvgIpc) is 3.65. The first-order valence-corrected chi connectivity index (χ1v) is 20.1. The van der Waals surface area contributed by atoms with Crippen molar-refractivity contribution in [1.29, 1.82) is 0 Å². The van der Waals surface area contributed by atoms with E-state index in [0.29, 0.717) is 24.9 Å². The van der Waals surface area contributed by atoms with Gasteiger partial charge in [0.1, 0.15) is 18.7 Å². The third-order valence-electron chi connectivity index (χ3n) is 11.5. The highest BCUT2D eigenvalue weighted by atomic mass is 16.5. The minimum Gasteiger partial charge on any atom is -0.386 e. The minimum absolute atomic E-state index is 0.0164. The summed E-state index contributed by atoms with van der Waals surface area (Å²) in [6.45, 7) is 15.2. The lowest BCUT2D eigenvalue weighted by atomic mass is 9.89. The van der Waals surface area contributed by atoms with E-state index < -0.39 is 54.3 Å². The van der Waals surface area contributed by atoms with Crippen LogP contribution in [-0.2, 0) is 38.2 Å². The standard InChI is InChI=1S/C42H71N5O9/c1-14-27(6)37(46(10)42(53)35(25(2)3)44-41(52)36(26(4)5)45(9)34(49)24-54-11)32(55-12)23-33(48)47-22-18-21-31(47)39(56-13)28(7)40(51)43-29(8)38(50)30-19-16-15-17-20-30/h15-17,19-20,25-29,31-32,35-39,50H,14,18,21-24H2,1-13H3,(H,43,51)(H,44,52)/t27-,28+,29+,31-,32+,35-,36-,37-,38+,39+/m0/s1. The van der Waals surface area contributed by atoms with Gasteiger partial charge in [-0.25, -0.2) is 0 Å². The molecule has 1 aromatic rings. The minimum atomic E-state index is -0.908. The van der Waals surface area contributed by atoms with Crippen LogP contribution in [0.5, 0.6) is 0 Å². The van der Waals surface area contributed by atoms with Crippen LogP contribution in [0.2, 0.25) is 0 Å². The van der Waals surface area contributed by atoms with Crippen LogP contribution in [0, 0.1) is 23.7 Å². The van der Waals surface area contributed by atoms with Crippen molar-refractivity contribution in [2.45, 2.75) is 130 Å². The zero-order chi connectivity index (χ0) is 42.4. The third-order valence-corrected chi connectivity index (χ3v) is 11.5. The van der Waals surface area contributed by atoms with E-state index in [0.717, 1.165) is 6.42 Å². The molecule has 1 fully saturated rings. The van der Waals surface area contributed by atoms with Crippen molar-refractivity contribution in [2.75, 3.05) is 48.6 Å². The predicted molar refractivity (Wildman–Crippen MR) is 215 cm³/mol. The molecule has 2 rings (SSSR count). The van der Waals surface area contributed by atoms with E-state index in [4.69, 9.17) is 14.2 Å². The van der Waals surface area contributed by atoms with Crippen molar-refractivity contribution in [3.05, 3.63) is 35.9 Å². The third kappa shape index (κ3) is 12.5. The van der Waals surface area contributed by atoms with Gasteiger partial charge in [-0.3, -0.25) is 24.0 Å². The van der Waals surface area contributed by atoms with Crippen LogP contribution in [-0.4, -0.2) is 140 Å². The summed E-state index contributed by atoms with van der Waals surface area (Å²) in [7, 11) is 7.72. The van der Waals surface area contributed by atoms with E-state index in [1.165, 1.54) is 26.2 Å². The number of aliphatic hydroxyl groups is 1. The number of hydrogen-bond donors (Lipinski definition) is 3. The zero-order valence-electron chi connectivity index (χ0n) is 36.1. The van der Waals surface area contributed by atoms with Crippen LogP contribution in [0.1, 0.15) is 92.7 Å². The van der Waals surface area contributed by atoms with Gasteiger partial charge in [0.05, 0.1) is 48.8 Å². The molecular formula is C42H71N5O9. The summed E-state index contributed by atoms with van der Waals surface area (Å²) in [6.07, 6.45) is -0.121. The molecule has 3 N–H and O–H groups in total. The predicted octanol–water partition coefficient (Wildman–Crippen LogP) is 3.42. The molecule has 0 unspecified atom stereocenters. The molecule has 0 radical (unpaired) electrons. The second-order valence-corrected chi connectivity index (χ2v) is 16.1. The SMILES string of the molecule is CC[C@H](C)[C@@H]([C@@H](CC(=O)N1CCC[C@H]1[C@H](OC)[C@@H](C)C(=O)N[C@H](C)[C@@H](O)c1ccccc1)OC)N(C)C(=O)[C@@H](NC(=O)[C@H](C(C)C)N(C)C(=O)COC)C(C)C. The number of carbonyl (C=O) groups excluding carboxylic acids is 5. The van der Waals surface area contributed by atoms with Crippen LogP contribution in [0.3, 0.4) is 0 Å². The first-order chi connectivity index (χ1) is 26.4. The fraction of sp³-hybridized carbons (Fsp3) is 0.738. The Balaban J connectivity index is 2.28. The van der Waals surface area contributed by atoms with Gasteiger partial charge in [0.15, 0.2) is 0 Å². The highest BCUT2D eigenvalue weighted by Crippen LogP contribution is 2.30.